The van der Waals surface area contributed by atoms with E-state index >= 15 is 0 Å². The van der Waals surface area contributed by atoms with Crippen molar-refractivity contribution < 1.29 is 0 Å². The first kappa shape index (κ1) is 9.01. The topological polar surface area (TPSA) is 15.3 Å². The minimum Gasteiger partial charge on any atom is -0.317 e. The van der Waals surface area contributed by atoms with E-state index in [2.05, 4.69) is 24.2 Å². The molecule has 0 spiro atoms. The lowest BCUT2D eigenvalue weighted by molar-refractivity contribution is 0.294. The van der Waals surface area contributed by atoms with Crippen molar-refractivity contribution in [1.82, 2.24) is 10.2 Å². The number of nitrogens with zero attached hydrogens (tertiary/aromatic N) is 1. The Morgan fingerprint density at radius 3 is 2.91 bits per heavy atom. The highest BCUT2D eigenvalue weighted by Gasteiger charge is 2.19. The molecule has 2 heteroatoms. The molecule has 0 aromatic carbocycles. The predicted octanol–water partition coefficient (Wildman–Crippen LogP) is 1.08. The molecular weight excluding hydrogens is 136 g/mol. The van der Waals surface area contributed by atoms with Crippen molar-refractivity contribution in [1.29, 1.82) is 0 Å². The van der Waals surface area contributed by atoms with E-state index in [4.69, 9.17) is 0 Å². The Morgan fingerprint density at radius 1 is 1.55 bits per heavy atom. The van der Waals surface area contributed by atoms with Crippen molar-refractivity contribution in [3.8, 4) is 0 Å². The first-order valence-electron chi connectivity index (χ1n) is 4.75. The molecule has 0 radical (unpaired) electrons. The molecule has 1 N–H and O–H groups in total. The molecule has 0 bridgehead atoms. The van der Waals surface area contributed by atoms with Crippen LogP contribution in [0.1, 0.15) is 26.2 Å². The third kappa shape index (κ3) is 2.80. The molecular formula is C9H20N2. The molecule has 0 aromatic heterocycles. The fourth-order valence-electron chi connectivity index (χ4n) is 1.79. The molecule has 1 unspecified atom stereocenters. The van der Waals surface area contributed by atoms with Crippen molar-refractivity contribution in [2.75, 3.05) is 26.7 Å². The first-order chi connectivity index (χ1) is 5.34. The molecule has 1 aliphatic heterocycles. The average molecular weight is 156 g/mol. The van der Waals surface area contributed by atoms with Crippen LogP contribution >= 0.6 is 0 Å². The van der Waals surface area contributed by atoms with Gasteiger partial charge in [0, 0.05) is 6.04 Å². The summed E-state index contributed by atoms with van der Waals surface area (Å²) in [5.74, 6) is 0. The van der Waals surface area contributed by atoms with Gasteiger partial charge in [-0.1, -0.05) is 6.92 Å². The van der Waals surface area contributed by atoms with Crippen LogP contribution in [0.2, 0.25) is 0 Å². The van der Waals surface area contributed by atoms with E-state index in [9.17, 15) is 0 Å². The molecule has 2 nitrogen and oxygen atoms in total. The van der Waals surface area contributed by atoms with Gasteiger partial charge in [0.15, 0.2) is 0 Å². The van der Waals surface area contributed by atoms with Gasteiger partial charge in [-0.05, 0) is 45.9 Å². The second kappa shape index (κ2) is 4.73. The Morgan fingerprint density at radius 2 is 2.36 bits per heavy atom. The maximum absolute atomic E-state index is 3.37. The van der Waals surface area contributed by atoms with Crippen molar-refractivity contribution in [2.24, 2.45) is 0 Å². The molecule has 1 fully saturated rings. The third-order valence-corrected chi connectivity index (χ3v) is 2.58. The van der Waals surface area contributed by atoms with Gasteiger partial charge in [-0.15, -0.1) is 0 Å². The fourth-order valence-corrected chi connectivity index (χ4v) is 1.79. The molecule has 1 aliphatic rings. The van der Waals surface area contributed by atoms with Crippen molar-refractivity contribution >= 4 is 0 Å². The molecule has 1 rings (SSSR count). The normalized spacial score (nSPS) is 26.2. The molecule has 1 heterocycles. The van der Waals surface area contributed by atoms with Crippen molar-refractivity contribution in [2.45, 2.75) is 32.2 Å². The van der Waals surface area contributed by atoms with E-state index in [0.29, 0.717) is 0 Å². The molecule has 0 aliphatic carbocycles. The van der Waals surface area contributed by atoms with Gasteiger partial charge in [0.2, 0.25) is 0 Å². The largest absolute Gasteiger partial charge is 0.317 e. The summed E-state index contributed by atoms with van der Waals surface area (Å²) in [5.41, 5.74) is 0. The van der Waals surface area contributed by atoms with E-state index in [1.54, 1.807) is 0 Å². The third-order valence-electron chi connectivity index (χ3n) is 2.58. The monoisotopic (exact) mass is 156 g/mol. The van der Waals surface area contributed by atoms with Gasteiger partial charge in [0.1, 0.15) is 0 Å². The van der Waals surface area contributed by atoms with Crippen LogP contribution in [0, 0.1) is 0 Å². The fraction of sp³-hybridized carbons (Fsp3) is 1.00. The minimum atomic E-state index is 0.856. The highest BCUT2D eigenvalue weighted by molar-refractivity contribution is 4.76. The number of rotatable bonds is 4. The molecule has 11 heavy (non-hydrogen) atoms. The lowest BCUT2D eigenvalue weighted by Crippen LogP contribution is -2.28. The number of hydrogen-bond acceptors (Lipinski definition) is 2. The van der Waals surface area contributed by atoms with Gasteiger partial charge in [-0.25, -0.2) is 0 Å². The van der Waals surface area contributed by atoms with Crippen LogP contribution in [0.4, 0.5) is 0 Å². The maximum atomic E-state index is 3.37. The quantitative estimate of drug-likeness (QED) is 0.613. The molecule has 0 amide bonds. The van der Waals surface area contributed by atoms with Crippen LogP contribution < -0.4 is 5.32 Å². The van der Waals surface area contributed by atoms with Gasteiger partial charge in [0.05, 0.1) is 0 Å². The van der Waals surface area contributed by atoms with Crippen LogP contribution in [0.25, 0.3) is 0 Å². The summed E-state index contributed by atoms with van der Waals surface area (Å²) < 4.78 is 0. The zero-order chi connectivity index (χ0) is 8.10. The van der Waals surface area contributed by atoms with Crippen LogP contribution in [0.5, 0.6) is 0 Å². The average Bonchev–Trinajstić information content (AvgIpc) is 2.37. The van der Waals surface area contributed by atoms with Gasteiger partial charge >= 0.3 is 0 Å². The Kier molecular flexibility index (Phi) is 3.87. The SMILES string of the molecule is CCNCCC1CCCN1C. The van der Waals surface area contributed by atoms with Crippen LogP contribution in [-0.2, 0) is 0 Å². The Bertz CT molecular complexity index is 104. The number of hydrogen-bond donors (Lipinski definition) is 1. The first-order valence-corrected chi connectivity index (χ1v) is 4.75. The molecule has 66 valence electrons. The number of nitrogens with one attached hydrogen (secondary N) is 1. The zero-order valence-corrected chi connectivity index (χ0v) is 7.77. The molecule has 0 aromatic rings. The highest BCUT2D eigenvalue weighted by atomic mass is 15.1. The van der Waals surface area contributed by atoms with Gasteiger partial charge in [0.25, 0.3) is 0 Å². The molecule has 0 saturated carbocycles. The smallest absolute Gasteiger partial charge is 0.0105 e. The summed E-state index contributed by atoms with van der Waals surface area (Å²) >= 11 is 0. The summed E-state index contributed by atoms with van der Waals surface area (Å²) in [6.45, 7) is 5.76. The Hall–Kier alpha value is -0.0800. The minimum absolute atomic E-state index is 0.856. The summed E-state index contributed by atoms with van der Waals surface area (Å²) in [5, 5.41) is 3.37. The van der Waals surface area contributed by atoms with E-state index in [0.717, 1.165) is 12.6 Å². The lowest BCUT2D eigenvalue weighted by atomic mass is 10.1. The van der Waals surface area contributed by atoms with Crippen LogP contribution in [0.15, 0.2) is 0 Å². The maximum Gasteiger partial charge on any atom is 0.0105 e. The molecule has 1 saturated heterocycles. The Balaban J connectivity index is 2.05. The summed E-state index contributed by atoms with van der Waals surface area (Å²) in [6.07, 6.45) is 4.12. The zero-order valence-electron chi connectivity index (χ0n) is 7.77. The van der Waals surface area contributed by atoms with E-state index in [1.165, 1.54) is 32.4 Å². The van der Waals surface area contributed by atoms with Crippen molar-refractivity contribution in [3.63, 3.8) is 0 Å². The van der Waals surface area contributed by atoms with Crippen LogP contribution in [0.3, 0.4) is 0 Å². The summed E-state index contributed by atoms with van der Waals surface area (Å²) in [4.78, 5) is 2.48. The second-order valence-corrected chi connectivity index (χ2v) is 3.42. The van der Waals surface area contributed by atoms with Gasteiger partial charge in [-0.2, -0.15) is 0 Å². The summed E-state index contributed by atoms with van der Waals surface area (Å²) in [7, 11) is 2.24. The number of likely N-dealkylation sites (tertiary alicyclic amines) is 1. The second-order valence-electron chi connectivity index (χ2n) is 3.42. The van der Waals surface area contributed by atoms with E-state index in [1.807, 2.05) is 0 Å². The van der Waals surface area contributed by atoms with Crippen LogP contribution in [-0.4, -0.2) is 37.6 Å². The van der Waals surface area contributed by atoms with Gasteiger partial charge in [-0.3, -0.25) is 0 Å². The predicted molar refractivity (Wildman–Crippen MR) is 48.8 cm³/mol. The lowest BCUT2D eigenvalue weighted by Gasteiger charge is -2.18. The summed E-state index contributed by atoms with van der Waals surface area (Å²) in [6, 6.07) is 0.856. The molecule has 1 atom stereocenters. The van der Waals surface area contributed by atoms with Gasteiger partial charge < -0.3 is 10.2 Å². The highest BCUT2D eigenvalue weighted by Crippen LogP contribution is 2.16. The Labute approximate surface area is 70.0 Å². The van der Waals surface area contributed by atoms with E-state index < -0.39 is 0 Å². The standard InChI is InChI=1S/C9H20N2/c1-3-10-7-6-9-5-4-8-11(9)2/h9-10H,3-8H2,1-2H3. The van der Waals surface area contributed by atoms with E-state index in [-0.39, 0.29) is 0 Å². The van der Waals surface area contributed by atoms with Crippen molar-refractivity contribution in [3.05, 3.63) is 0 Å².